The highest BCUT2D eigenvalue weighted by atomic mass is 15.2. The summed E-state index contributed by atoms with van der Waals surface area (Å²) in [6, 6.07) is 12.6. The van der Waals surface area contributed by atoms with E-state index in [2.05, 4.69) is 58.5 Å². The van der Waals surface area contributed by atoms with Crippen molar-refractivity contribution in [3.63, 3.8) is 0 Å². The Bertz CT molecular complexity index is 531. The molecule has 2 aromatic rings. The molecule has 1 aromatic carbocycles. The highest BCUT2D eigenvalue weighted by Crippen LogP contribution is 2.18. The van der Waals surface area contributed by atoms with Gasteiger partial charge in [-0.3, -0.25) is 0 Å². The number of rotatable bonds is 5. The van der Waals surface area contributed by atoms with Crippen LogP contribution in [0.25, 0.3) is 0 Å². The van der Waals surface area contributed by atoms with Crippen LogP contribution >= 0.6 is 0 Å². The Morgan fingerprint density at radius 2 is 1.65 bits per heavy atom. The van der Waals surface area contributed by atoms with E-state index in [0.717, 1.165) is 17.9 Å². The third-order valence-electron chi connectivity index (χ3n) is 3.04. The number of nitrogens with one attached hydrogen (secondary N) is 1. The fraction of sp³-hybridized carbons (Fsp3) is 0.375. The van der Waals surface area contributed by atoms with E-state index in [9.17, 15) is 0 Å². The maximum Gasteiger partial charge on any atom is 0.223 e. The molecule has 1 heterocycles. The standard InChI is InChI=1S/C16H22N4/c1-12-10-13(2)18-16(17-12)19-15(11-20(3)4)14-8-6-5-7-9-14/h5-10,15H,11H2,1-4H3,(H,17,18,19). The molecule has 0 aliphatic rings. The molecule has 4 nitrogen and oxygen atoms in total. The predicted octanol–water partition coefficient (Wildman–Crippen LogP) is 2.81. The zero-order chi connectivity index (χ0) is 14.5. The first-order chi connectivity index (χ1) is 9.54. The molecule has 0 spiro atoms. The van der Waals surface area contributed by atoms with E-state index in [0.29, 0.717) is 5.95 Å². The van der Waals surface area contributed by atoms with E-state index >= 15 is 0 Å². The van der Waals surface area contributed by atoms with Crippen molar-refractivity contribution in [3.05, 3.63) is 53.3 Å². The van der Waals surface area contributed by atoms with Crippen LogP contribution < -0.4 is 5.32 Å². The van der Waals surface area contributed by atoms with Gasteiger partial charge in [-0.05, 0) is 39.6 Å². The first-order valence-corrected chi connectivity index (χ1v) is 6.83. The van der Waals surface area contributed by atoms with Gasteiger partial charge in [-0.2, -0.15) is 0 Å². The first kappa shape index (κ1) is 14.5. The van der Waals surface area contributed by atoms with Crippen molar-refractivity contribution in [2.75, 3.05) is 26.0 Å². The number of hydrogen-bond donors (Lipinski definition) is 1. The number of benzene rings is 1. The van der Waals surface area contributed by atoms with Gasteiger partial charge in [0.15, 0.2) is 0 Å². The van der Waals surface area contributed by atoms with Crippen LogP contribution in [0, 0.1) is 13.8 Å². The third kappa shape index (κ3) is 4.03. The second-order valence-electron chi connectivity index (χ2n) is 5.34. The molecule has 2 rings (SSSR count). The molecule has 0 fully saturated rings. The maximum atomic E-state index is 4.47. The third-order valence-corrected chi connectivity index (χ3v) is 3.04. The highest BCUT2D eigenvalue weighted by molar-refractivity contribution is 5.34. The van der Waals surface area contributed by atoms with Crippen molar-refractivity contribution in [3.8, 4) is 0 Å². The molecule has 0 saturated heterocycles. The minimum absolute atomic E-state index is 0.174. The normalized spacial score (nSPS) is 12.4. The van der Waals surface area contributed by atoms with Gasteiger partial charge in [-0.1, -0.05) is 30.3 Å². The molecule has 0 saturated carbocycles. The van der Waals surface area contributed by atoms with Crippen LogP contribution in [-0.4, -0.2) is 35.5 Å². The number of nitrogens with zero attached hydrogens (tertiary/aromatic N) is 3. The molecule has 0 amide bonds. The number of aryl methyl sites for hydroxylation is 2. The summed E-state index contributed by atoms with van der Waals surface area (Å²) in [5.41, 5.74) is 3.21. The summed E-state index contributed by atoms with van der Waals surface area (Å²) >= 11 is 0. The van der Waals surface area contributed by atoms with Crippen molar-refractivity contribution in [1.29, 1.82) is 0 Å². The minimum Gasteiger partial charge on any atom is -0.346 e. The summed E-state index contributed by atoms with van der Waals surface area (Å²) in [5, 5.41) is 3.44. The lowest BCUT2D eigenvalue weighted by Crippen LogP contribution is -2.26. The van der Waals surface area contributed by atoms with E-state index < -0.39 is 0 Å². The Balaban J connectivity index is 2.23. The minimum atomic E-state index is 0.174. The maximum absolute atomic E-state index is 4.47. The second kappa shape index (κ2) is 6.48. The van der Waals surface area contributed by atoms with Crippen molar-refractivity contribution in [1.82, 2.24) is 14.9 Å². The average molecular weight is 270 g/mol. The van der Waals surface area contributed by atoms with E-state index in [4.69, 9.17) is 0 Å². The topological polar surface area (TPSA) is 41.1 Å². The van der Waals surface area contributed by atoms with Gasteiger partial charge in [0.2, 0.25) is 5.95 Å². The van der Waals surface area contributed by atoms with Crippen LogP contribution in [0.3, 0.4) is 0 Å². The zero-order valence-corrected chi connectivity index (χ0v) is 12.6. The zero-order valence-electron chi connectivity index (χ0n) is 12.6. The van der Waals surface area contributed by atoms with Gasteiger partial charge in [0, 0.05) is 17.9 Å². The highest BCUT2D eigenvalue weighted by Gasteiger charge is 2.13. The molecule has 4 heteroatoms. The number of likely N-dealkylation sites (N-methyl/N-ethyl adjacent to an activating group) is 1. The largest absolute Gasteiger partial charge is 0.346 e. The summed E-state index contributed by atoms with van der Waals surface area (Å²) in [4.78, 5) is 11.1. The van der Waals surface area contributed by atoms with Crippen LogP contribution in [0.2, 0.25) is 0 Å². The molecule has 0 aliphatic carbocycles. The van der Waals surface area contributed by atoms with Crippen LogP contribution in [0.5, 0.6) is 0 Å². The van der Waals surface area contributed by atoms with Gasteiger partial charge >= 0.3 is 0 Å². The van der Waals surface area contributed by atoms with Gasteiger partial charge in [-0.25, -0.2) is 9.97 Å². The Morgan fingerprint density at radius 1 is 1.05 bits per heavy atom. The van der Waals surface area contributed by atoms with Crippen LogP contribution in [-0.2, 0) is 0 Å². The summed E-state index contributed by atoms with van der Waals surface area (Å²) in [5.74, 6) is 0.693. The molecule has 1 aromatic heterocycles. The number of anilines is 1. The quantitative estimate of drug-likeness (QED) is 0.907. The van der Waals surface area contributed by atoms with Crippen molar-refractivity contribution in [2.45, 2.75) is 19.9 Å². The molecule has 1 N–H and O–H groups in total. The van der Waals surface area contributed by atoms with E-state index in [1.54, 1.807) is 0 Å². The summed E-state index contributed by atoms with van der Waals surface area (Å²) < 4.78 is 0. The molecule has 0 aliphatic heterocycles. The van der Waals surface area contributed by atoms with E-state index in [1.807, 2.05) is 26.0 Å². The van der Waals surface area contributed by atoms with Gasteiger partial charge in [0.05, 0.1) is 6.04 Å². The van der Waals surface area contributed by atoms with E-state index in [1.165, 1.54) is 5.56 Å². The molecule has 106 valence electrons. The van der Waals surface area contributed by atoms with Gasteiger partial charge < -0.3 is 10.2 Å². The molecular formula is C16H22N4. The monoisotopic (exact) mass is 270 g/mol. The Hall–Kier alpha value is -1.94. The molecule has 1 unspecified atom stereocenters. The first-order valence-electron chi connectivity index (χ1n) is 6.83. The molecule has 0 bridgehead atoms. The SMILES string of the molecule is Cc1cc(C)nc(NC(CN(C)C)c2ccccc2)n1. The number of hydrogen-bond acceptors (Lipinski definition) is 4. The Kier molecular flexibility index (Phi) is 4.69. The van der Waals surface area contributed by atoms with Gasteiger partial charge in [-0.15, -0.1) is 0 Å². The summed E-state index contributed by atoms with van der Waals surface area (Å²) in [6.45, 7) is 4.87. The second-order valence-corrected chi connectivity index (χ2v) is 5.34. The van der Waals surface area contributed by atoms with Crippen molar-refractivity contribution >= 4 is 5.95 Å². The lowest BCUT2D eigenvalue weighted by Gasteiger charge is -2.23. The lowest BCUT2D eigenvalue weighted by molar-refractivity contribution is 0.386. The smallest absolute Gasteiger partial charge is 0.223 e. The van der Waals surface area contributed by atoms with E-state index in [-0.39, 0.29) is 6.04 Å². The Labute approximate surface area is 120 Å². The Morgan fingerprint density at radius 3 is 2.20 bits per heavy atom. The van der Waals surface area contributed by atoms with Crippen molar-refractivity contribution < 1.29 is 0 Å². The van der Waals surface area contributed by atoms with Gasteiger partial charge in [0.25, 0.3) is 0 Å². The average Bonchev–Trinajstić information content (AvgIpc) is 2.37. The molecule has 0 radical (unpaired) electrons. The lowest BCUT2D eigenvalue weighted by atomic mass is 10.1. The number of aromatic nitrogens is 2. The molecular weight excluding hydrogens is 248 g/mol. The molecule has 20 heavy (non-hydrogen) atoms. The predicted molar refractivity (Wildman–Crippen MR) is 82.9 cm³/mol. The van der Waals surface area contributed by atoms with Crippen LogP contribution in [0.15, 0.2) is 36.4 Å². The van der Waals surface area contributed by atoms with Crippen molar-refractivity contribution in [2.24, 2.45) is 0 Å². The fourth-order valence-electron chi connectivity index (χ4n) is 2.23. The van der Waals surface area contributed by atoms with Crippen LogP contribution in [0.4, 0.5) is 5.95 Å². The molecule has 1 atom stereocenters. The van der Waals surface area contributed by atoms with Crippen LogP contribution in [0.1, 0.15) is 23.0 Å². The fourth-order valence-corrected chi connectivity index (χ4v) is 2.23. The summed E-state index contributed by atoms with van der Waals surface area (Å²) in [6.07, 6.45) is 0. The van der Waals surface area contributed by atoms with Gasteiger partial charge in [0.1, 0.15) is 0 Å². The summed E-state index contributed by atoms with van der Waals surface area (Å²) in [7, 11) is 4.14.